The summed E-state index contributed by atoms with van der Waals surface area (Å²) in [5, 5.41) is 0. The van der Waals surface area contributed by atoms with E-state index >= 15 is 0 Å². The zero-order chi connectivity index (χ0) is 24.3. The molecule has 1 atom stereocenters. The summed E-state index contributed by atoms with van der Waals surface area (Å²) in [7, 11) is -3.60. The lowest BCUT2D eigenvalue weighted by atomic mass is 10.1. The molecule has 0 aliphatic carbocycles. The number of aryl methyl sites for hydroxylation is 2. The first-order valence-corrected chi connectivity index (χ1v) is 13.3. The Morgan fingerprint density at radius 3 is 2.41 bits per heavy atom. The van der Waals surface area contributed by atoms with Gasteiger partial charge in [0.25, 0.3) is 0 Å². The van der Waals surface area contributed by atoms with Crippen LogP contribution in [0.15, 0.2) is 47.5 Å². The van der Waals surface area contributed by atoms with Crippen molar-refractivity contribution in [1.29, 1.82) is 0 Å². The fraction of sp³-hybridized carbons (Fsp3) is 0.480. The molecule has 0 spiro atoms. The van der Waals surface area contributed by atoms with Crippen molar-refractivity contribution < 1.29 is 18.0 Å². The van der Waals surface area contributed by atoms with Gasteiger partial charge in [-0.1, -0.05) is 18.2 Å². The van der Waals surface area contributed by atoms with Crippen molar-refractivity contribution >= 4 is 21.8 Å². The maximum absolute atomic E-state index is 13.1. The van der Waals surface area contributed by atoms with Crippen LogP contribution in [0.5, 0.6) is 0 Å². The van der Waals surface area contributed by atoms with Crippen molar-refractivity contribution in [3.05, 3.63) is 59.4 Å². The van der Waals surface area contributed by atoms with Gasteiger partial charge >= 0.3 is 0 Å². The van der Waals surface area contributed by atoms with Gasteiger partial charge in [-0.15, -0.1) is 0 Å². The second-order valence-corrected chi connectivity index (χ2v) is 11.0. The van der Waals surface area contributed by atoms with E-state index < -0.39 is 10.0 Å². The van der Waals surface area contributed by atoms with Crippen molar-refractivity contribution in [2.75, 3.05) is 32.7 Å². The molecule has 2 aromatic rings. The molecule has 0 saturated carbocycles. The first kappa shape index (κ1) is 24.3. The number of carbonyl (C=O) groups excluding carboxylic acids is 2. The van der Waals surface area contributed by atoms with Gasteiger partial charge in [0.05, 0.1) is 16.6 Å². The molecule has 2 amide bonds. The number of pyridine rings is 1. The second kappa shape index (κ2) is 10.2. The highest BCUT2D eigenvalue weighted by atomic mass is 32.2. The Morgan fingerprint density at radius 1 is 0.971 bits per heavy atom. The summed E-state index contributed by atoms with van der Waals surface area (Å²) in [5.74, 6) is -0.136. The maximum Gasteiger partial charge on any atom is 0.243 e. The van der Waals surface area contributed by atoms with Gasteiger partial charge in [0.1, 0.15) is 0 Å². The quantitative estimate of drug-likeness (QED) is 0.629. The summed E-state index contributed by atoms with van der Waals surface area (Å²) in [6, 6.07) is 11.1. The molecule has 2 aliphatic rings. The normalized spacial score (nSPS) is 19.4. The molecule has 34 heavy (non-hydrogen) atoms. The Balaban J connectivity index is 1.30. The van der Waals surface area contributed by atoms with Gasteiger partial charge in [-0.2, -0.15) is 4.31 Å². The molecule has 2 aliphatic heterocycles. The van der Waals surface area contributed by atoms with Gasteiger partial charge in [0.2, 0.25) is 21.8 Å². The molecule has 0 radical (unpaired) electrons. The summed E-state index contributed by atoms with van der Waals surface area (Å²) >= 11 is 0. The third-order valence-corrected chi connectivity index (χ3v) is 8.75. The lowest BCUT2D eigenvalue weighted by Crippen LogP contribution is -2.50. The van der Waals surface area contributed by atoms with Crippen LogP contribution in [-0.2, 0) is 19.6 Å². The molecule has 9 heteroatoms. The highest BCUT2D eigenvalue weighted by Gasteiger charge is 2.33. The Labute approximate surface area is 201 Å². The minimum atomic E-state index is -3.60. The second-order valence-electron chi connectivity index (χ2n) is 9.05. The van der Waals surface area contributed by atoms with Crippen LogP contribution in [0.4, 0.5) is 0 Å². The Hall–Kier alpha value is -2.78. The Bertz CT molecular complexity index is 1140. The van der Waals surface area contributed by atoms with E-state index in [1.54, 1.807) is 24.1 Å². The van der Waals surface area contributed by atoms with E-state index in [9.17, 15) is 18.0 Å². The summed E-state index contributed by atoms with van der Waals surface area (Å²) in [6.45, 7) is 5.52. The fourth-order valence-electron chi connectivity index (χ4n) is 4.76. The zero-order valence-corrected chi connectivity index (χ0v) is 20.6. The van der Waals surface area contributed by atoms with Crippen molar-refractivity contribution in [3.8, 4) is 0 Å². The number of likely N-dealkylation sites (tertiary alicyclic amines) is 1. The van der Waals surface area contributed by atoms with Gasteiger partial charge in [0, 0.05) is 51.8 Å². The lowest BCUT2D eigenvalue weighted by molar-refractivity contribution is -0.138. The number of sulfonamides is 1. The molecule has 0 N–H and O–H groups in total. The van der Waals surface area contributed by atoms with E-state index in [-0.39, 0.29) is 43.8 Å². The third-order valence-electron chi connectivity index (χ3n) is 6.71. The van der Waals surface area contributed by atoms with Crippen LogP contribution in [0.25, 0.3) is 0 Å². The van der Waals surface area contributed by atoms with Crippen LogP contribution in [0, 0.1) is 13.8 Å². The predicted molar refractivity (Wildman–Crippen MR) is 128 cm³/mol. The summed E-state index contributed by atoms with van der Waals surface area (Å²) < 4.78 is 27.7. The number of nitrogens with zero attached hydrogens (tertiary/aromatic N) is 4. The van der Waals surface area contributed by atoms with Gasteiger partial charge in [-0.05, 0) is 56.0 Å². The van der Waals surface area contributed by atoms with Crippen LogP contribution < -0.4 is 0 Å². The highest BCUT2D eigenvalue weighted by molar-refractivity contribution is 7.89. The topological polar surface area (TPSA) is 90.9 Å². The number of amides is 2. The Kier molecular flexibility index (Phi) is 7.33. The standard InChI is InChI=1S/C25H32N4O4S/c1-19-8-9-20(2)23(18-19)34(32,33)28-16-14-27(15-17-28)24(30)10-11-25(31)29-13-5-7-22(29)21-6-3-4-12-26-21/h3-4,6,8-9,12,18,22H,5,7,10-11,13-17H2,1-2H3. The van der Waals surface area contributed by atoms with Crippen LogP contribution >= 0.6 is 0 Å². The first-order chi connectivity index (χ1) is 16.3. The number of aromatic nitrogens is 1. The average molecular weight is 485 g/mol. The number of benzene rings is 1. The summed E-state index contributed by atoms with van der Waals surface area (Å²) in [4.78, 5) is 33.9. The molecule has 1 aromatic heterocycles. The van der Waals surface area contributed by atoms with Gasteiger partial charge in [0.15, 0.2) is 0 Å². The molecule has 8 nitrogen and oxygen atoms in total. The molecule has 1 unspecified atom stereocenters. The van der Waals surface area contributed by atoms with Crippen molar-refractivity contribution in [3.63, 3.8) is 0 Å². The zero-order valence-electron chi connectivity index (χ0n) is 19.8. The average Bonchev–Trinajstić information content (AvgIpc) is 3.34. The van der Waals surface area contributed by atoms with Crippen LogP contribution in [-0.4, -0.2) is 72.0 Å². The summed E-state index contributed by atoms with van der Waals surface area (Å²) in [5.41, 5.74) is 2.50. The molecule has 4 rings (SSSR count). The molecule has 182 valence electrons. The number of rotatable bonds is 6. The highest BCUT2D eigenvalue weighted by Crippen LogP contribution is 2.31. The fourth-order valence-corrected chi connectivity index (χ4v) is 6.50. The minimum Gasteiger partial charge on any atom is -0.340 e. The monoisotopic (exact) mass is 484 g/mol. The summed E-state index contributed by atoms with van der Waals surface area (Å²) in [6.07, 6.45) is 3.84. The van der Waals surface area contributed by atoms with Crippen LogP contribution in [0.2, 0.25) is 0 Å². The van der Waals surface area contributed by atoms with Gasteiger partial charge in [-0.25, -0.2) is 8.42 Å². The van der Waals surface area contributed by atoms with E-state index in [1.807, 2.05) is 42.2 Å². The molecule has 3 heterocycles. The number of hydrogen-bond acceptors (Lipinski definition) is 5. The van der Waals surface area contributed by atoms with Crippen molar-refractivity contribution in [1.82, 2.24) is 19.1 Å². The smallest absolute Gasteiger partial charge is 0.243 e. The predicted octanol–water partition coefficient (Wildman–Crippen LogP) is 2.68. The van der Waals surface area contributed by atoms with Crippen molar-refractivity contribution in [2.24, 2.45) is 0 Å². The number of piperazine rings is 1. The van der Waals surface area contributed by atoms with E-state index in [4.69, 9.17) is 0 Å². The molecular formula is C25H32N4O4S. The number of carbonyl (C=O) groups is 2. The lowest BCUT2D eigenvalue weighted by Gasteiger charge is -2.34. The first-order valence-electron chi connectivity index (χ1n) is 11.8. The van der Waals surface area contributed by atoms with Crippen molar-refractivity contribution in [2.45, 2.75) is 50.5 Å². The van der Waals surface area contributed by atoms with E-state index in [0.717, 1.165) is 24.1 Å². The van der Waals surface area contributed by atoms with Crippen LogP contribution in [0.1, 0.15) is 48.5 Å². The molecule has 2 saturated heterocycles. The molecule has 1 aromatic carbocycles. The largest absolute Gasteiger partial charge is 0.340 e. The van der Waals surface area contributed by atoms with Gasteiger partial charge < -0.3 is 9.80 Å². The maximum atomic E-state index is 13.1. The van der Waals surface area contributed by atoms with Gasteiger partial charge in [-0.3, -0.25) is 14.6 Å². The molecule has 0 bridgehead atoms. The molecule has 2 fully saturated rings. The number of hydrogen-bond donors (Lipinski definition) is 0. The van der Waals surface area contributed by atoms with E-state index in [1.165, 1.54) is 4.31 Å². The van der Waals surface area contributed by atoms with Crippen LogP contribution in [0.3, 0.4) is 0 Å². The molecular weight excluding hydrogens is 452 g/mol. The Morgan fingerprint density at radius 2 is 1.71 bits per heavy atom. The van der Waals surface area contributed by atoms with E-state index in [0.29, 0.717) is 30.1 Å². The SMILES string of the molecule is Cc1ccc(C)c(S(=O)(=O)N2CCN(C(=O)CCC(=O)N3CCCC3c3ccccn3)CC2)c1. The minimum absolute atomic E-state index is 0.0253. The third kappa shape index (κ3) is 5.15. The van der Waals surface area contributed by atoms with E-state index in [2.05, 4.69) is 4.98 Å².